The Morgan fingerprint density at radius 2 is 2.05 bits per heavy atom. The van der Waals surface area contributed by atoms with Crippen molar-refractivity contribution in [2.45, 2.75) is 50.3 Å². The lowest BCUT2D eigenvalue weighted by molar-refractivity contribution is -0.140. The van der Waals surface area contributed by atoms with Gasteiger partial charge in [0.25, 0.3) is 0 Å². The van der Waals surface area contributed by atoms with Crippen LogP contribution in [-0.4, -0.2) is 18.2 Å². The number of hydrogen-bond acceptors (Lipinski definition) is 4. The van der Waals surface area contributed by atoms with Crippen molar-refractivity contribution in [3.8, 4) is 5.75 Å². The summed E-state index contributed by atoms with van der Waals surface area (Å²) in [5, 5.41) is 9.66. The van der Waals surface area contributed by atoms with Gasteiger partial charge in [-0.1, -0.05) is 19.9 Å². The molecule has 0 amide bonds. The normalized spacial score (nSPS) is 11.4. The molecule has 0 aliphatic heterocycles. The number of ether oxygens (including phenoxy) is 1. The molecule has 0 bridgehead atoms. The first-order valence-corrected chi connectivity index (χ1v) is 6.83. The number of hydrogen-bond donors (Lipinski definition) is 2. The lowest BCUT2D eigenvalue weighted by atomic mass is 9.79. The number of thiol groups is 1. The van der Waals surface area contributed by atoms with Crippen LogP contribution in [0.15, 0.2) is 17.0 Å². The summed E-state index contributed by atoms with van der Waals surface area (Å²) in [5.74, 6) is 0.0860. The number of carbonyl (C=O) groups excluding carboxylic acids is 1. The van der Waals surface area contributed by atoms with Gasteiger partial charge in [-0.05, 0) is 36.8 Å². The van der Waals surface area contributed by atoms with Gasteiger partial charge in [-0.15, -0.1) is 12.6 Å². The van der Waals surface area contributed by atoms with Crippen LogP contribution in [0, 0.1) is 6.92 Å². The standard InChI is InChI=1S/C15H22O3S/c1-10-12(16)8-7-11(14(10)19)15(2,3)9-5-6-13(17)18-4/h7-8,16,19H,5-6,9H2,1-4H3. The maximum Gasteiger partial charge on any atom is 0.305 e. The van der Waals surface area contributed by atoms with Crippen molar-refractivity contribution in [2.75, 3.05) is 7.11 Å². The number of esters is 1. The van der Waals surface area contributed by atoms with Crippen molar-refractivity contribution >= 4 is 18.6 Å². The van der Waals surface area contributed by atoms with E-state index in [4.69, 9.17) is 0 Å². The zero-order valence-electron chi connectivity index (χ0n) is 12.0. The van der Waals surface area contributed by atoms with E-state index >= 15 is 0 Å². The van der Waals surface area contributed by atoms with E-state index < -0.39 is 0 Å². The fraction of sp³-hybridized carbons (Fsp3) is 0.533. The molecule has 0 aliphatic carbocycles. The van der Waals surface area contributed by atoms with Crippen LogP contribution in [0.1, 0.15) is 44.2 Å². The van der Waals surface area contributed by atoms with Crippen LogP contribution in [0.4, 0.5) is 0 Å². The van der Waals surface area contributed by atoms with Crippen LogP contribution in [0.5, 0.6) is 5.75 Å². The van der Waals surface area contributed by atoms with E-state index in [1.165, 1.54) is 7.11 Å². The first-order chi connectivity index (χ1) is 8.79. The number of phenols is 1. The van der Waals surface area contributed by atoms with Crippen molar-refractivity contribution < 1.29 is 14.6 Å². The van der Waals surface area contributed by atoms with Gasteiger partial charge in [0.1, 0.15) is 5.75 Å². The number of rotatable bonds is 5. The quantitative estimate of drug-likeness (QED) is 0.640. The van der Waals surface area contributed by atoms with E-state index in [0.717, 1.165) is 28.9 Å². The monoisotopic (exact) mass is 282 g/mol. The molecule has 0 saturated carbocycles. The van der Waals surface area contributed by atoms with E-state index in [9.17, 15) is 9.90 Å². The van der Waals surface area contributed by atoms with Crippen LogP contribution >= 0.6 is 12.6 Å². The Labute approximate surface area is 120 Å². The second kappa shape index (κ2) is 6.33. The highest BCUT2D eigenvalue weighted by Crippen LogP contribution is 2.37. The van der Waals surface area contributed by atoms with E-state index in [-0.39, 0.29) is 17.1 Å². The second-order valence-electron chi connectivity index (χ2n) is 5.42. The molecular weight excluding hydrogens is 260 g/mol. The molecule has 1 N–H and O–H groups in total. The van der Waals surface area contributed by atoms with Crippen molar-refractivity contribution in [2.24, 2.45) is 0 Å². The maximum atomic E-state index is 11.1. The zero-order valence-corrected chi connectivity index (χ0v) is 12.9. The smallest absolute Gasteiger partial charge is 0.305 e. The topological polar surface area (TPSA) is 46.5 Å². The molecule has 0 aromatic heterocycles. The molecule has 106 valence electrons. The lowest BCUT2D eigenvalue weighted by Gasteiger charge is -2.27. The Bertz CT molecular complexity index is 467. The summed E-state index contributed by atoms with van der Waals surface area (Å²) in [6.45, 7) is 6.09. The minimum Gasteiger partial charge on any atom is -0.508 e. The summed E-state index contributed by atoms with van der Waals surface area (Å²) in [4.78, 5) is 12.0. The molecule has 0 saturated heterocycles. The summed E-state index contributed by atoms with van der Waals surface area (Å²) in [6.07, 6.45) is 2.06. The maximum absolute atomic E-state index is 11.1. The predicted molar refractivity (Wildman–Crippen MR) is 79.0 cm³/mol. The summed E-state index contributed by atoms with van der Waals surface area (Å²) >= 11 is 4.50. The Morgan fingerprint density at radius 1 is 1.42 bits per heavy atom. The molecule has 0 unspecified atom stereocenters. The van der Waals surface area contributed by atoms with Gasteiger partial charge in [0, 0.05) is 16.9 Å². The third-order valence-electron chi connectivity index (χ3n) is 3.54. The first kappa shape index (κ1) is 15.9. The molecule has 0 radical (unpaired) electrons. The van der Waals surface area contributed by atoms with Crippen LogP contribution in [0.25, 0.3) is 0 Å². The number of benzene rings is 1. The zero-order chi connectivity index (χ0) is 14.6. The molecule has 0 atom stereocenters. The molecule has 19 heavy (non-hydrogen) atoms. The van der Waals surface area contributed by atoms with E-state index in [1.54, 1.807) is 6.07 Å². The minimum atomic E-state index is -0.177. The Kier molecular flexibility index (Phi) is 5.29. The first-order valence-electron chi connectivity index (χ1n) is 6.38. The summed E-state index contributed by atoms with van der Waals surface area (Å²) < 4.78 is 4.64. The predicted octanol–water partition coefficient (Wildman–Crippen LogP) is 3.61. The lowest BCUT2D eigenvalue weighted by Crippen LogP contribution is -2.19. The Balaban J connectivity index is 2.82. The van der Waals surface area contributed by atoms with Gasteiger partial charge >= 0.3 is 5.97 Å². The SMILES string of the molecule is COC(=O)CCCC(C)(C)c1ccc(O)c(C)c1S. The van der Waals surface area contributed by atoms with Crippen LogP contribution in [0.2, 0.25) is 0 Å². The molecule has 1 aromatic rings. The fourth-order valence-electron chi connectivity index (χ4n) is 2.15. The second-order valence-corrected chi connectivity index (χ2v) is 5.87. The van der Waals surface area contributed by atoms with Gasteiger partial charge in [-0.2, -0.15) is 0 Å². The highest BCUT2D eigenvalue weighted by molar-refractivity contribution is 7.80. The van der Waals surface area contributed by atoms with Crippen molar-refractivity contribution in [3.05, 3.63) is 23.3 Å². The van der Waals surface area contributed by atoms with Crippen LogP contribution in [0.3, 0.4) is 0 Å². The largest absolute Gasteiger partial charge is 0.508 e. The molecule has 0 heterocycles. The average Bonchev–Trinajstić information content (AvgIpc) is 2.35. The molecule has 3 nitrogen and oxygen atoms in total. The number of carbonyl (C=O) groups is 1. The molecular formula is C15H22O3S. The number of aromatic hydroxyl groups is 1. The molecule has 1 rings (SSSR count). The van der Waals surface area contributed by atoms with Gasteiger partial charge in [0.15, 0.2) is 0 Å². The minimum absolute atomic E-state index is 0.0937. The van der Waals surface area contributed by atoms with E-state index in [2.05, 4.69) is 31.2 Å². The van der Waals surface area contributed by atoms with Gasteiger partial charge in [-0.25, -0.2) is 0 Å². The summed E-state index contributed by atoms with van der Waals surface area (Å²) in [6, 6.07) is 3.61. The van der Waals surface area contributed by atoms with Crippen molar-refractivity contribution in [1.29, 1.82) is 0 Å². The van der Waals surface area contributed by atoms with Crippen molar-refractivity contribution in [3.63, 3.8) is 0 Å². The van der Waals surface area contributed by atoms with Crippen LogP contribution < -0.4 is 0 Å². The van der Waals surface area contributed by atoms with Gasteiger partial charge < -0.3 is 9.84 Å². The summed E-state index contributed by atoms with van der Waals surface area (Å²) in [7, 11) is 1.41. The molecule has 1 aromatic carbocycles. The van der Waals surface area contributed by atoms with E-state index in [1.807, 2.05) is 13.0 Å². The fourth-order valence-corrected chi connectivity index (χ4v) is 2.64. The molecule has 0 aliphatic rings. The Morgan fingerprint density at radius 3 is 2.63 bits per heavy atom. The molecule has 4 heteroatoms. The average molecular weight is 282 g/mol. The van der Waals surface area contributed by atoms with Gasteiger partial charge in [0.2, 0.25) is 0 Å². The van der Waals surface area contributed by atoms with Crippen molar-refractivity contribution in [1.82, 2.24) is 0 Å². The summed E-state index contributed by atoms with van der Waals surface area (Å²) in [5.41, 5.74) is 1.79. The number of methoxy groups -OCH3 is 1. The van der Waals surface area contributed by atoms with Crippen LogP contribution in [-0.2, 0) is 14.9 Å². The van der Waals surface area contributed by atoms with Gasteiger partial charge in [-0.3, -0.25) is 4.79 Å². The Hall–Kier alpha value is -1.16. The van der Waals surface area contributed by atoms with E-state index in [0.29, 0.717) is 6.42 Å². The highest BCUT2D eigenvalue weighted by atomic mass is 32.1. The highest BCUT2D eigenvalue weighted by Gasteiger charge is 2.24. The van der Waals surface area contributed by atoms with Gasteiger partial charge in [0.05, 0.1) is 7.11 Å². The molecule has 0 spiro atoms. The third-order valence-corrected chi connectivity index (χ3v) is 4.12. The third kappa shape index (κ3) is 3.90. The number of phenolic OH excluding ortho intramolecular Hbond substituents is 1. The molecule has 0 fully saturated rings.